The van der Waals surface area contributed by atoms with Gasteiger partial charge in [-0.05, 0) is 24.8 Å². The van der Waals surface area contributed by atoms with E-state index in [1.54, 1.807) is 19.4 Å². The number of hydrogen-bond acceptors (Lipinski definition) is 4. The third-order valence-corrected chi connectivity index (χ3v) is 3.25. The number of ether oxygens (including phenoxy) is 1. The largest absolute Gasteiger partial charge is 0.383 e. The van der Waals surface area contributed by atoms with E-state index in [1.165, 1.54) is 12.8 Å². The van der Waals surface area contributed by atoms with E-state index in [0.717, 1.165) is 0 Å². The molecular weight excluding hydrogens is 238 g/mol. The fourth-order valence-corrected chi connectivity index (χ4v) is 1.99. The summed E-state index contributed by atoms with van der Waals surface area (Å²) in [5, 5.41) is 12.5. The van der Waals surface area contributed by atoms with Gasteiger partial charge in [0.2, 0.25) is 0 Å². The van der Waals surface area contributed by atoms with E-state index in [-0.39, 0.29) is 6.04 Å². The lowest BCUT2D eigenvalue weighted by atomic mass is 10.2. The molecule has 1 atom stereocenters. The van der Waals surface area contributed by atoms with Crippen molar-refractivity contribution in [3.8, 4) is 6.07 Å². The van der Waals surface area contributed by atoms with Crippen LogP contribution in [0.3, 0.4) is 0 Å². The van der Waals surface area contributed by atoms with Crippen LogP contribution in [0.1, 0.15) is 18.4 Å². The molecule has 1 fully saturated rings. The molecule has 1 heterocycles. The van der Waals surface area contributed by atoms with Gasteiger partial charge in [0, 0.05) is 13.3 Å². The normalized spacial score (nSPS) is 16.3. The average molecular weight is 252 g/mol. The standard InChI is InChI=1S/C12H14ClN3O/c1-17-7-10(8-2-3-8)16-12-11(13)9(6-14)4-5-15-12/h4-5,8,10H,2-3,7H2,1H3,(H,15,16). The smallest absolute Gasteiger partial charge is 0.146 e. The summed E-state index contributed by atoms with van der Waals surface area (Å²) in [7, 11) is 1.68. The molecule has 90 valence electrons. The summed E-state index contributed by atoms with van der Waals surface area (Å²) >= 11 is 6.09. The van der Waals surface area contributed by atoms with Gasteiger partial charge >= 0.3 is 0 Å². The predicted molar refractivity (Wildman–Crippen MR) is 66.0 cm³/mol. The van der Waals surface area contributed by atoms with E-state index >= 15 is 0 Å². The Morgan fingerprint density at radius 3 is 3.06 bits per heavy atom. The Labute approximate surface area is 106 Å². The van der Waals surface area contributed by atoms with Crippen LogP contribution in [-0.4, -0.2) is 24.7 Å². The number of hydrogen-bond donors (Lipinski definition) is 1. The first-order valence-electron chi connectivity index (χ1n) is 5.56. The third kappa shape index (κ3) is 2.87. The Hall–Kier alpha value is -1.31. The molecule has 0 aromatic carbocycles. The van der Waals surface area contributed by atoms with Crippen molar-refractivity contribution in [1.29, 1.82) is 5.26 Å². The maximum absolute atomic E-state index is 8.89. The summed E-state index contributed by atoms with van der Waals surface area (Å²) in [6.45, 7) is 0.624. The quantitative estimate of drug-likeness (QED) is 0.873. The van der Waals surface area contributed by atoms with Gasteiger partial charge in [-0.25, -0.2) is 4.98 Å². The minimum Gasteiger partial charge on any atom is -0.383 e. The number of halogens is 1. The number of aromatic nitrogens is 1. The highest BCUT2D eigenvalue weighted by Crippen LogP contribution is 2.35. The van der Waals surface area contributed by atoms with Crippen LogP contribution in [0.25, 0.3) is 0 Å². The molecule has 0 spiro atoms. The summed E-state index contributed by atoms with van der Waals surface area (Å²) in [4.78, 5) is 4.17. The minimum atomic E-state index is 0.221. The van der Waals surface area contributed by atoms with Gasteiger partial charge in [0.15, 0.2) is 0 Å². The number of anilines is 1. The third-order valence-electron chi connectivity index (χ3n) is 2.87. The molecule has 4 nitrogen and oxygen atoms in total. The first-order valence-corrected chi connectivity index (χ1v) is 5.94. The fraction of sp³-hybridized carbons (Fsp3) is 0.500. The molecule has 1 aliphatic rings. The second-order valence-electron chi connectivity index (χ2n) is 4.18. The highest BCUT2D eigenvalue weighted by molar-refractivity contribution is 6.34. The average Bonchev–Trinajstić information content (AvgIpc) is 3.15. The van der Waals surface area contributed by atoms with Crippen molar-refractivity contribution in [1.82, 2.24) is 4.98 Å². The molecule has 2 rings (SSSR count). The lowest BCUT2D eigenvalue weighted by molar-refractivity contribution is 0.179. The first-order chi connectivity index (χ1) is 8.26. The molecule has 0 aliphatic heterocycles. The van der Waals surface area contributed by atoms with Crippen LogP contribution >= 0.6 is 11.6 Å². The number of methoxy groups -OCH3 is 1. The molecule has 0 amide bonds. The van der Waals surface area contributed by atoms with Crippen molar-refractivity contribution in [3.05, 3.63) is 22.8 Å². The molecule has 1 aromatic heterocycles. The van der Waals surface area contributed by atoms with Crippen molar-refractivity contribution in [2.24, 2.45) is 5.92 Å². The maximum atomic E-state index is 8.89. The van der Waals surface area contributed by atoms with Gasteiger partial charge in [0.25, 0.3) is 0 Å². The number of pyridine rings is 1. The molecular formula is C12H14ClN3O. The second-order valence-corrected chi connectivity index (χ2v) is 4.55. The number of nitrogens with one attached hydrogen (secondary N) is 1. The molecule has 1 aliphatic carbocycles. The van der Waals surface area contributed by atoms with Gasteiger partial charge in [-0.1, -0.05) is 11.6 Å². The highest BCUT2D eigenvalue weighted by Gasteiger charge is 2.31. The topological polar surface area (TPSA) is 57.9 Å². The number of rotatable bonds is 5. The van der Waals surface area contributed by atoms with Crippen molar-refractivity contribution in [2.75, 3.05) is 19.0 Å². The van der Waals surface area contributed by atoms with E-state index < -0.39 is 0 Å². The van der Waals surface area contributed by atoms with Gasteiger partial charge in [-0.3, -0.25) is 0 Å². The molecule has 1 N–H and O–H groups in total. The number of nitriles is 1. The first kappa shape index (κ1) is 12.2. The molecule has 1 saturated carbocycles. The second kappa shape index (κ2) is 5.35. The predicted octanol–water partition coefficient (Wildman–Crippen LogP) is 2.44. The molecule has 1 aromatic rings. The summed E-state index contributed by atoms with van der Waals surface area (Å²) in [6, 6.07) is 3.87. The van der Waals surface area contributed by atoms with Gasteiger partial charge in [-0.2, -0.15) is 5.26 Å². The van der Waals surface area contributed by atoms with Crippen molar-refractivity contribution in [2.45, 2.75) is 18.9 Å². The van der Waals surface area contributed by atoms with Crippen molar-refractivity contribution >= 4 is 17.4 Å². The Bertz CT molecular complexity index is 440. The highest BCUT2D eigenvalue weighted by atomic mass is 35.5. The van der Waals surface area contributed by atoms with Crippen LogP contribution in [0.2, 0.25) is 5.02 Å². The van der Waals surface area contributed by atoms with Crippen LogP contribution in [0.15, 0.2) is 12.3 Å². The van der Waals surface area contributed by atoms with E-state index in [9.17, 15) is 0 Å². The summed E-state index contributed by atoms with van der Waals surface area (Å²) < 4.78 is 5.18. The molecule has 5 heteroatoms. The van der Waals surface area contributed by atoms with E-state index in [0.29, 0.717) is 28.9 Å². The van der Waals surface area contributed by atoms with Crippen molar-refractivity contribution in [3.63, 3.8) is 0 Å². The number of nitrogens with zero attached hydrogens (tertiary/aromatic N) is 2. The van der Waals surface area contributed by atoms with Crippen LogP contribution in [-0.2, 0) is 4.74 Å². The van der Waals surface area contributed by atoms with E-state index in [4.69, 9.17) is 21.6 Å². The van der Waals surface area contributed by atoms with Gasteiger partial charge in [0.1, 0.15) is 16.9 Å². The van der Waals surface area contributed by atoms with E-state index in [1.807, 2.05) is 6.07 Å². The fourth-order valence-electron chi connectivity index (χ4n) is 1.78. The van der Waals surface area contributed by atoms with Crippen molar-refractivity contribution < 1.29 is 4.74 Å². The van der Waals surface area contributed by atoms with Crippen LogP contribution in [0.4, 0.5) is 5.82 Å². The molecule has 0 radical (unpaired) electrons. The Kier molecular flexibility index (Phi) is 3.82. The molecule has 17 heavy (non-hydrogen) atoms. The Morgan fingerprint density at radius 1 is 1.71 bits per heavy atom. The van der Waals surface area contributed by atoms with Gasteiger partial charge < -0.3 is 10.1 Å². The molecule has 0 saturated heterocycles. The SMILES string of the molecule is COCC(Nc1nccc(C#N)c1Cl)C1CC1. The minimum absolute atomic E-state index is 0.221. The summed E-state index contributed by atoms with van der Waals surface area (Å²) in [6.07, 6.45) is 4.00. The lowest BCUT2D eigenvalue weighted by Crippen LogP contribution is -2.27. The summed E-state index contributed by atoms with van der Waals surface area (Å²) in [5.74, 6) is 1.19. The van der Waals surface area contributed by atoms with Gasteiger partial charge in [0.05, 0.1) is 18.2 Å². The zero-order valence-corrected chi connectivity index (χ0v) is 10.4. The van der Waals surface area contributed by atoms with E-state index in [2.05, 4.69) is 10.3 Å². The molecule has 0 bridgehead atoms. The Balaban J connectivity index is 2.14. The van der Waals surface area contributed by atoms with Crippen LogP contribution < -0.4 is 5.32 Å². The molecule has 1 unspecified atom stereocenters. The zero-order valence-electron chi connectivity index (χ0n) is 9.61. The maximum Gasteiger partial charge on any atom is 0.146 e. The van der Waals surface area contributed by atoms with Crippen LogP contribution in [0, 0.1) is 17.2 Å². The zero-order chi connectivity index (χ0) is 12.3. The van der Waals surface area contributed by atoms with Gasteiger partial charge in [-0.15, -0.1) is 0 Å². The monoisotopic (exact) mass is 251 g/mol. The lowest BCUT2D eigenvalue weighted by Gasteiger charge is -2.18. The summed E-state index contributed by atoms with van der Waals surface area (Å²) in [5.41, 5.74) is 0.441. The van der Waals surface area contributed by atoms with Crippen LogP contribution in [0.5, 0.6) is 0 Å². The Morgan fingerprint density at radius 2 is 2.47 bits per heavy atom.